The van der Waals surface area contributed by atoms with E-state index in [-0.39, 0.29) is 11.6 Å². The molecule has 1 heterocycles. The fourth-order valence-corrected chi connectivity index (χ4v) is 3.24. The van der Waals surface area contributed by atoms with Gasteiger partial charge in [0, 0.05) is 43.2 Å². The number of hydrogen-bond donors (Lipinski definition) is 0. The first kappa shape index (κ1) is 21.0. The molecule has 2 aromatic carbocycles. The van der Waals surface area contributed by atoms with Crippen molar-refractivity contribution in [3.8, 4) is 0 Å². The van der Waals surface area contributed by atoms with Crippen LogP contribution in [-0.4, -0.2) is 26.8 Å². The Bertz CT molecular complexity index is 1010. The number of hydrogen-bond acceptors (Lipinski definition) is 3. The highest BCUT2D eigenvalue weighted by molar-refractivity contribution is 5.91. The number of benzene rings is 2. The van der Waals surface area contributed by atoms with Crippen molar-refractivity contribution in [2.24, 2.45) is 0 Å². The Kier molecular flexibility index (Phi) is 7.16. The monoisotopic (exact) mass is 403 g/mol. The number of carbonyl (C=O) groups is 1. The molecule has 0 saturated heterocycles. The lowest BCUT2D eigenvalue weighted by atomic mass is 10.2. The summed E-state index contributed by atoms with van der Waals surface area (Å²) in [5, 5.41) is 10.8. The Morgan fingerprint density at radius 3 is 2.47 bits per heavy atom. The first-order valence-corrected chi connectivity index (χ1v) is 9.96. The van der Waals surface area contributed by atoms with Crippen LogP contribution in [0.15, 0.2) is 79.0 Å². The van der Waals surface area contributed by atoms with Crippen molar-refractivity contribution in [1.82, 2.24) is 9.47 Å². The van der Waals surface area contributed by atoms with Crippen LogP contribution in [0.25, 0.3) is 6.08 Å². The second kappa shape index (κ2) is 10.2. The molecule has 0 saturated carbocycles. The second-order valence-electron chi connectivity index (χ2n) is 7.05. The van der Waals surface area contributed by atoms with E-state index in [0.29, 0.717) is 13.1 Å². The minimum Gasteiger partial charge on any atom is -0.345 e. The van der Waals surface area contributed by atoms with Gasteiger partial charge in [0.1, 0.15) is 0 Å². The summed E-state index contributed by atoms with van der Waals surface area (Å²) in [6.07, 6.45) is 6.11. The standard InChI is InChI=1S/C24H25N3O3/c1-2-16-26(24(28)15-12-20-10-13-22(14-11-20)27(29)30)19-23-9-6-17-25(23)18-21-7-4-3-5-8-21/h3-15,17H,2,16,18-19H2,1H3. The van der Waals surface area contributed by atoms with Crippen molar-refractivity contribution in [3.63, 3.8) is 0 Å². The van der Waals surface area contributed by atoms with Gasteiger partial charge >= 0.3 is 0 Å². The van der Waals surface area contributed by atoms with Crippen LogP contribution in [0.2, 0.25) is 0 Å². The Balaban J connectivity index is 1.69. The molecule has 1 aromatic heterocycles. The zero-order valence-electron chi connectivity index (χ0n) is 17.0. The number of amides is 1. The molecule has 6 heteroatoms. The molecule has 0 unspecified atom stereocenters. The third kappa shape index (κ3) is 5.67. The number of aromatic nitrogens is 1. The van der Waals surface area contributed by atoms with Gasteiger partial charge < -0.3 is 9.47 Å². The lowest BCUT2D eigenvalue weighted by molar-refractivity contribution is -0.384. The van der Waals surface area contributed by atoms with Gasteiger partial charge in [-0.15, -0.1) is 0 Å². The summed E-state index contributed by atoms with van der Waals surface area (Å²) in [4.78, 5) is 24.9. The highest BCUT2D eigenvalue weighted by Gasteiger charge is 2.13. The molecule has 0 bridgehead atoms. The van der Waals surface area contributed by atoms with Gasteiger partial charge in [-0.2, -0.15) is 0 Å². The van der Waals surface area contributed by atoms with E-state index >= 15 is 0 Å². The maximum Gasteiger partial charge on any atom is 0.269 e. The smallest absolute Gasteiger partial charge is 0.269 e. The molecule has 0 aliphatic carbocycles. The number of non-ortho nitro benzene ring substituents is 1. The van der Waals surface area contributed by atoms with Crippen LogP contribution in [0.4, 0.5) is 5.69 Å². The quantitative estimate of drug-likeness (QED) is 0.290. The minimum absolute atomic E-state index is 0.0327. The van der Waals surface area contributed by atoms with E-state index in [1.54, 1.807) is 18.2 Å². The maximum absolute atomic E-state index is 12.8. The van der Waals surface area contributed by atoms with Crippen molar-refractivity contribution in [2.75, 3.05) is 6.54 Å². The average Bonchev–Trinajstić information content (AvgIpc) is 3.19. The average molecular weight is 403 g/mol. The zero-order chi connectivity index (χ0) is 21.3. The van der Waals surface area contributed by atoms with E-state index in [0.717, 1.165) is 24.2 Å². The predicted octanol–water partition coefficient (Wildman–Crippen LogP) is 4.90. The third-order valence-corrected chi connectivity index (χ3v) is 4.80. The third-order valence-electron chi connectivity index (χ3n) is 4.80. The summed E-state index contributed by atoms with van der Waals surface area (Å²) in [7, 11) is 0. The summed E-state index contributed by atoms with van der Waals surface area (Å²) >= 11 is 0. The summed E-state index contributed by atoms with van der Waals surface area (Å²) in [6.45, 7) is 3.98. The molecule has 154 valence electrons. The van der Waals surface area contributed by atoms with E-state index in [4.69, 9.17) is 0 Å². The number of nitrogens with zero attached hydrogens (tertiary/aromatic N) is 3. The molecule has 0 aliphatic rings. The lowest BCUT2D eigenvalue weighted by Gasteiger charge is -2.22. The van der Waals surface area contributed by atoms with Gasteiger partial charge in [-0.05, 0) is 47.9 Å². The largest absolute Gasteiger partial charge is 0.345 e. The molecule has 30 heavy (non-hydrogen) atoms. The van der Waals surface area contributed by atoms with Crippen molar-refractivity contribution >= 4 is 17.7 Å². The highest BCUT2D eigenvalue weighted by atomic mass is 16.6. The molecule has 3 aromatic rings. The van der Waals surface area contributed by atoms with Crippen LogP contribution in [-0.2, 0) is 17.9 Å². The van der Waals surface area contributed by atoms with E-state index in [2.05, 4.69) is 16.7 Å². The first-order valence-electron chi connectivity index (χ1n) is 9.96. The molecule has 0 atom stereocenters. The first-order chi connectivity index (χ1) is 14.6. The number of nitro groups is 1. The van der Waals surface area contributed by atoms with Crippen molar-refractivity contribution < 1.29 is 9.72 Å². The van der Waals surface area contributed by atoms with Crippen LogP contribution < -0.4 is 0 Å². The van der Waals surface area contributed by atoms with E-state index < -0.39 is 4.92 Å². The van der Waals surface area contributed by atoms with Crippen molar-refractivity contribution in [1.29, 1.82) is 0 Å². The van der Waals surface area contributed by atoms with Crippen LogP contribution in [0.1, 0.15) is 30.2 Å². The van der Waals surface area contributed by atoms with Gasteiger partial charge in [-0.1, -0.05) is 37.3 Å². The molecule has 3 rings (SSSR count). The van der Waals surface area contributed by atoms with Crippen molar-refractivity contribution in [3.05, 3.63) is 106 Å². The number of nitro benzene ring substituents is 1. The topological polar surface area (TPSA) is 68.4 Å². The predicted molar refractivity (Wildman–Crippen MR) is 118 cm³/mol. The van der Waals surface area contributed by atoms with Crippen molar-refractivity contribution in [2.45, 2.75) is 26.4 Å². The fourth-order valence-electron chi connectivity index (χ4n) is 3.24. The number of rotatable bonds is 9. The lowest BCUT2D eigenvalue weighted by Crippen LogP contribution is -2.30. The normalized spacial score (nSPS) is 11.0. The minimum atomic E-state index is -0.438. The fraction of sp³-hybridized carbons (Fsp3) is 0.208. The van der Waals surface area contributed by atoms with Gasteiger partial charge in [-0.3, -0.25) is 14.9 Å². The van der Waals surface area contributed by atoms with E-state index in [1.165, 1.54) is 23.8 Å². The molecule has 0 N–H and O–H groups in total. The Labute approximate surface area is 176 Å². The molecular formula is C24H25N3O3. The summed E-state index contributed by atoms with van der Waals surface area (Å²) in [5.41, 5.74) is 3.06. The number of carbonyl (C=O) groups excluding carboxylic acids is 1. The Morgan fingerprint density at radius 1 is 1.07 bits per heavy atom. The second-order valence-corrected chi connectivity index (χ2v) is 7.05. The van der Waals surface area contributed by atoms with E-state index in [1.807, 2.05) is 48.4 Å². The van der Waals surface area contributed by atoms with Gasteiger partial charge in [0.15, 0.2) is 0 Å². The van der Waals surface area contributed by atoms with Crippen LogP contribution in [0.3, 0.4) is 0 Å². The van der Waals surface area contributed by atoms with Gasteiger partial charge in [-0.25, -0.2) is 0 Å². The SMILES string of the molecule is CCCN(Cc1cccn1Cc1ccccc1)C(=O)C=Cc1ccc([N+](=O)[O-])cc1. The molecule has 0 aliphatic heterocycles. The summed E-state index contributed by atoms with van der Waals surface area (Å²) in [6, 6.07) is 20.4. The zero-order valence-corrected chi connectivity index (χ0v) is 17.0. The van der Waals surface area contributed by atoms with Crippen LogP contribution in [0, 0.1) is 10.1 Å². The molecule has 0 fully saturated rings. The highest BCUT2D eigenvalue weighted by Crippen LogP contribution is 2.14. The molecule has 1 amide bonds. The van der Waals surface area contributed by atoms with Gasteiger partial charge in [0.25, 0.3) is 5.69 Å². The molecule has 0 spiro atoms. The molecule has 0 radical (unpaired) electrons. The Morgan fingerprint density at radius 2 is 1.80 bits per heavy atom. The van der Waals surface area contributed by atoms with Crippen LogP contribution in [0.5, 0.6) is 0 Å². The molecule has 6 nitrogen and oxygen atoms in total. The summed E-state index contributed by atoms with van der Waals surface area (Å²) in [5.74, 6) is -0.0809. The van der Waals surface area contributed by atoms with Gasteiger partial charge in [0.05, 0.1) is 11.5 Å². The van der Waals surface area contributed by atoms with Crippen LogP contribution >= 0.6 is 0 Å². The Hall–Kier alpha value is -3.67. The molecular weight excluding hydrogens is 378 g/mol. The van der Waals surface area contributed by atoms with E-state index in [9.17, 15) is 14.9 Å². The van der Waals surface area contributed by atoms with Gasteiger partial charge in [0.2, 0.25) is 5.91 Å². The summed E-state index contributed by atoms with van der Waals surface area (Å²) < 4.78 is 2.16. The maximum atomic E-state index is 12.8.